The van der Waals surface area contributed by atoms with Crippen molar-refractivity contribution in [3.63, 3.8) is 0 Å². The molecule has 0 radical (unpaired) electrons. The Bertz CT molecular complexity index is 111. The third kappa shape index (κ3) is 4.35. The second-order valence-electron chi connectivity index (χ2n) is 3.55. The van der Waals surface area contributed by atoms with Gasteiger partial charge < -0.3 is 15.9 Å². The predicted molar refractivity (Wildman–Crippen MR) is 44.9 cm³/mol. The van der Waals surface area contributed by atoms with E-state index in [1.165, 1.54) is 0 Å². The smallest absolute Gasteiger partial charge is 0.164 e. The molecule has 0 spiro atoms. The molecule has 0 aliphatic carbocycles. The molecule has 4 N–H and O–H groups in total. The van der Waals surface area contributed by atoms with Crippen LogP contribution in [0.2, 0.25) is 0 Å². The van der Waals surface area contributed by atoms with Gasteiger partial charge in [-0.1, -0.05) is 13.8 Å². The van der Waals surface area contributed by atoms with E-state index in [-0.39, 0.29) is 12.0 Å². The van der Waals surface area contributed by atoms with E-state index < -0.39 is 5.79 Å². The Morgan fingerprint density at radius 2 is 1.73 bits per heavy atom. The molecule has 0 rings (SSSR count). The second-order valence-corrected chi connectivity index (χ2v) is 3.55. The van der Waals surface area contributed by atoms with Crippen molar-refractivity contribution in [2.24, 2.45) is 11.7 Å². The number of hydrogen-bond acceptors (Lipinski definition) is 3. The van der Waals surface area contributed by atoms with Gasteiger partial charge in [0.2, 0.25) is 0 Å². The van der Waals surface area contributed by atoms with Crippen LogP contribution < -0.4 is 5.73 Å². The van der Waals surface area contributed by atoms with Gasteiger partial charge in [-0.2, -0.15) is 0 Å². The van der Waals surface area contributed by atoms with Gasteiger partial charge in [0.1, 0.15) is 0 Å². The quantitative estimate of drug-likeness (QED) is 0.524. The van der Waals surface area contributed by atoms with Crippen LogP contribution in [0.3, 0.4) is 0 Å². The van der Waals surface area contributed by atoms with Crippen LogP contribution in [0.5, 0.6) is 0 Å². The van der Waals surface area contributed by atoms with Crippen molar-refractivity contribution in [2.45, 2.75) is 45.4 Å². The van der Waals surface area contributed by atoms with Gasteiger partial charge in [0.05, 0.1) is 0 Å². The van der Waals surface area contributed by atoms with Crippen LogP contribution in [0.1, 0.15) is 33.6 Å². The Morgan fingerprint density at radius 1 is 1.27 bits per heavy atom. The standard InChI is InChI=1S/C8H19NO2/c1-6(2)8(10,11)5-4-7(3)9/h6-7,10-11H,4-5,9H2,1-3H3/t7-/m0/s1. The van der Waals surface area contributed by atoms with Crippen LogP contribution in [0.4, 0.5) is 0 Å². The summed E-state index contributed by atoms with van der Waals surface area (Å²) in [6, 6.07) is 0.0347. The van der Waals surface area contributed by atoms with Crippen molar-refractivity contribution in [1.82, 2.24) is 0 Å². The van der Waals surface area contributed by atoms with Gasteiger partial charge in [-0.05, 0) is 13.3 Å². The molecule has 3 heteroatoms. The molecule has 0 bridgehead atoms. The highest BCUT2D eigenvalue weighted by Gasteiger charge is 2.26. The summed E-state index contributed by atoms with van der Waals surface area (Å²) in [4.78, 5) is 0. The van der Waals surface area contributed by atoms with E-state index in [0.717, 1.165) is 0 Å². The van der Waals surface area contributed by atoms with E-state index in [4.69, 9.17) is 5.73 Å². The maximum atomic E-state index is 9.34. The highest BCUT2D eigenvalue weighted by molar-refractivity contribution is 4.70. The first kappa shape index (κ1) is 10.9. The summed E-state index contributed by atoms with van der Waals surface area (Å²) in [5.41, 5.74) is 5.48. The van der Waals surface area contributed by atoms with Crippen LogP contribution in [-0.4, -0.2) is 22.0 Å². The molecule has 0 heterocycles. The van der Waals surface area contributed by atoms with Crippen LogP contribution >= 0.6 is 0 Å². The molecule has 0 unspecified atom stereocenters. The molecule has 68 valence electrons. The Kier molecular flexibility index (Phi) is 4.00. The lowest BCUT2D eigenvalue weighted by atomic mass is 9.96. The maximum absolute atomic E-state index is 9.34. The van der Waals surface area contributed by atoms with E-state index in [1.54, 1.807) is 13.8 Å². The largest absolute Gasteiger partial charge is 0.365 e. The minimum atomic E-state index is -1.55. The zero-order chi connectivity index (χ0) is 9.07. The van der Waals surface area contributed by atoms with Gasteiger partial charge >= 0.3 is 0 Å². The summed E-state index contributed by atoms with van der Waals surface area (Å²) in [6.45, 7) is 5.42. The fourth-order valence-corrected chi connectivity index (χ4v) is 0.729. The number of nitrogens with two attached hydrogens (primary N) is 1. The normalized spacial score (nSPS) is 15.5. The fraction of sp³-hybridized carbons (Fsp3) is 1.00. The monoisotopic (exact) mass is 161 g/mol. The molecule has 0 aromatic rings. The average molecular weight is 161 g/mol. The average Bonchev–Trinajstić information content (AvgIpc) is 1.84. The summed E-state index contributed by atoms with van der Waals surface area (Å²) in [6.07, 6.45) is 0.994. The number of rotatable bonds is 4. The molecule has 11 heavy (non-hydrogen) atoms. The van der Waals surface area contributed by atoms with Crippen molar-refractivity contribution in [3.8, 4) is 0 Å². The van der Waals surface area contributed by atoms with Crippen molar-refractivity contribution in [3.05, 3.63) is 0 Å². The van der Waals surface area contributed by atoms with Gasteiger partial charge in [-0.3, -0.25) is 0 Å². The van der Waals surface area contributed by atoms with Crippen LogP contribution in [-0.2, 0) is 0 Å². The minimum Gasteiger partial charge on any atom is -0.365 e. The molecule has 3 nitrogen and oxygen atoms in total. The molecule has 0 saturated carbocycles. The summed E-state index contributed by atoms with van der Waals surface area (Å²) in [5.74, 6) is -1.69. The topological polar surface area (TPSA) is 66.5 Å². The van der Waals surface area contributed by atoms with Crippen molar-refractivity contribution >= 4 is 0 Å². The van der Waals surface area contributed by atoms with Crippen molar-refractivity contribution < 1.29 is 10.2 Å². The van der Waals surface area contributed by atoms with Crippen LogP contribution in [0.15, 0.2) is 0 Å². The van der Waals surface area contributed by atoms with E-state index >= 15 is 0 Å². The van der Waals surface area contributed by atoms with Crippen molar-refractivity contribution in [1.29, 1.82) is 0 Å². The lowest BCUT2D eigenvalue weighted by molar-refractivity contribution is -0.197. The highest BCUT2D eigenvalue weighted by Crippen LogP contribution is 2.19. The Balaban J connectivity index is 3.73. The zero-order valence-electron chi connectivity index (χ0n) is 7.54. The Hall–Kier alpha value is -0.120. The first-order valence-corrected chi connectivity index (χ1v) is 4.06. The van der Waals surface area contributed by atoms with Gasteiger partial charge in [-0.15, -0.1) is 0 Å². The van der Waals surface area contributed by atoms with Gasteiger partial charge in [-0.25, -0.2) is 0 Å². The highest BCUT2D eigenvalue weighted by atomic mass is 16.5. The summed E-state index contributed by atoms with van der Waals surface area (Å²) < 4.78 is 0. The van der Waals surface area contributed by atoms with Crippen LogP contribution in [0.25, 0.3) is 0 Å². The molecule has 0 aliphatic heterocycles. The van der Waals surface area contributed by atoms with E-state index in [2.05, 4.69) is 0 Å². The summed E-state index contributed by atoms with van der Waals surface area (Å²) in [5, 5.41) is 18.7. The summed E-state index contributed by atoms with van der Waals surface area (Å²) >= 11 is 0. The van der Waals surface area contributed by atoms with E-state index in [1.807, 2.05) is 6.92 Å². The predicted octanol–water partition coefficient (Wildman–Crippen LogP) is 0.451. The molecular weight excluding hydrogens is 142 g/mol. The maximum Gasteiger partial charge on any atom is 0.164 e. The van der Waals surface area contributed by atoms with Gasteiger partial charge in [0, 0.05) is 18.4 Å². The van der Waals surface area contributed by atoms with E-state index in [0.29, 0.717) is 12.8 Å². The third-order valence-electron chi connectivity index (χ3n) is 1.89. The van der Waals surface area contributed by atoms with Crippen LogP contribution in [0, 0.1) is 5.92 Å². The SMILES string of the molecule is CC(C)C(O)(O)CC[C@H](C)N. The van der Waals surface area contributed by atoms with Crippen molar-refractivity contribution in [2.75, 3.05) is 0 Å². The molecule has 0 fully saturated rings. The third-order valence-corrected chi connectivity index (χ3v) is 1.89. The molecule has 0 aliphatic rings. The molecular formula is C8H19NO2. The number of aliphatic hydroxyl groups is 2. The first-order chi connectivity index (χ1) is 4.86. The van der Waals surface area contributed by atoms with Gasteiger partial charge in [0.25, 0.3) is 0 Å². The zero-order valence-corrected chi connectivity index (χ0v) is 7.54. The lowest BCUT2D eigenvalue weighted by Gasteiger charge is -2.26. The van der Waals surface area contributed by atoms with Gasteiger partial charge in [0.15, 0.2) is 5.79 Å². The number of hydrogen-bond donors (Lipinski definition) is 3. The lowest BCUT2D eigenvalue weighted by Crippen LogP contribution is -2.36. The molecule has 0 aromatic carbocycles. The summed E-state index contributed by atoms with van der Waals surface area (Å²) in [7, 11) is 0. The molecule has 1 atom stereocenters. The molecule has 0 saturated heterocycles. The Labute approximate surface area is 68.2 Å². The fourth-order valence-electron chi connectivity index (χ4n) is 0.729. The second kappa shape index (κ2) is 4.04. The van der Waals surface area contributed by atoms with E-state index in [9.17, 15) is 10.2 Å². The molecule has 0 aromatic heterocycles. The Morgan fingerprint density at radius 3 is 2.00 bits per heavy atom. The molecule has 0 amide bonds. The minimum absolute atomic E-state index is 0.0347. The first-order valence-electron chi connectivity index (χ1n) is 4.06.